The van der Waals surface area contributed by atoms with Gasteiger partial charge in [0.25, 0.3) is 0 Å². The van der Waals surface area contributed by atoms with E-state index in [0.29, 0.717) is 13.0 Å². The second kappa shape index (κ2) is 7.88. The molecule has 0 spiro atoms. The molecular weight excluding hydrogens is 322 g/mol. The maximum Gasteiger partial charge on any atom is 0.221 e. The second-order valence-electron chi connectivity index (χ2n) is 5.31. The van der Waals surface area contributed by atoms with Crippen LogP contribution in [-0.4, -0.2) is 21.4 Å². The third-order valence-electron chi connectivity index (χ3n) is 3.51. The Hall–Kier alpha value is -2.47. The van der Waals surface area contributed by atoms with Crippen LogP contribution in [0.5, 0.6) is 0 Å². The number of thioether (sulfide) groups is 1. The van der Waals surface area contributed by atoms with Gasteiger partial charge in [0.1, 0.15) is 5.69 Å². The van der Waals surface area contributed by atoms with Gasteiger partial charge >= 0.3 is 0 Å². The Morgan fingerprint density at radius 1 is 1.25 bits per heavy atom. The molecule has 5 nitrogen and oxygen atoms in total. The van der Waals surface area contributed by atoms with Gasteiger partial charge in [0.15, 0.2) is 5.76 Å². The van der Waals surface area contributed by atoms with Crippen molar-refractivity contribution in [2.24, 2.45) is 7.05 Å². The maximum atomic E-state index is 11.9. The molecule has 124 valence electrons. The highest BCUT2D eigenvalue weighted by atomic mass is 32.2. The summed E-state index contributed by atoms with van der Waals surface area (Å²) in [4.78, 5) is 13.1. The van der Waals surface area contributed by atoms with E-state index in [9.17, 15) is 4.79 Å². The first-order chi connectivity index (χ1) is 11.7. The Bertz CT molecular complexity index is 782. The highest BCUT2D eigenvalue weighted by Gasteiger charge is 2.10. The smallest absolute Gasteiger partial charge is 0.221 e. The molecule has 6 heteroatoms. The van der Waals surface area contributed by atoms with Gasteiger partial charge in [-0.15, -0.1) is 11.8 Å². The van der Waals surface area contributed by atoms with Crippen LogP contribution in [0.3, 0.4) is 0 Å². The molecule has 1 amide bonds. The first-order valence-electron chi connectivity index (χ1n) is 7.74. The lowest BCUT2D eigenvalue weighted by Crippen LogP contribution is -2.23. The van der Waals surface area contributed by atoms with Crippen molar-refractivity contribution in [3.05, 3.63) is 60.5 Å². The molecule has 0 saturated carbocycles. The number of carbonyl (C=O) groups is 1. The Labute approximate surface area is 145 Å². The Morgan fingerprint density at radius 3 is 2.83 bits per heavy atom. The molecule has 3 aromatic rings. The fourth-order valence-electron chi connectivity index (χ4n) is 2.32. The van der Waals surface area contributed by atoms with Crippen LogP contribution >= 0.6 is 11.8 Å². The fraction of sp³-hybridized carbons (Fsp3) is 0.222. The van der Waals surface area contributed by atoms with Crippen molar-refractivity contribution in [2.75, 3.05) is 5.75 Å². The zero-order valence-corrected chi connectivity index (χ0v) is 14.3. The normalized spacial score (nSPS) is 10.7. The number of amides is 1. The monoisotopic (exact) mass is 341 g/mol. The van der Waals surface area contributed by atoms with Crippen molar-refractivity contribution >= 4 is 17.7 Å². The SMILES string of the molecule is Cn1nc(CNC(=O)CCSc2ccccc2)cc1-c1ccco1. The van der Waals surface area contributed by atoms with Gasteiger partial charge in [-0.05, 0) is 30.3 Å². The zero-order chi connectivity index (χ0) is 16.8. The van der Waals surface area contributed by atoms with Crippen molar-refractivity contribution in [3.8, 4) is 11.5 Å². The van der Waals surface area contributed by atoms with Crippen LogP contribution in [-0.2, 0) is 18.4 Å². The van der Waals surface area contributed by atoms with E-state index in [-0.39, 0.29) is 5.91 Å². The van der Waals surface area contributed by atoms with Crippen molar-refractivity contribution in [2.45, 2.75) is 17.9 Å². The number of aromatic nitrogens is 2. The lowest BCUT2D eigenvalue weighted by molar-refractivity contribution is -0.120. The van der Waals surface area contributed by atoms with Gasteiger partial charge in [0.05, 0.1) is 18.5 Å². The third-order valence-corrected chi connectivity index (χ3v) is 4.53. The quantitative estimate of drug-likeness (QED) is 0.669. The highest BCUT2D eigenvalue weighted by Crippen LogP contribution is 2.20. The van der Waals surface area contributed by atoms with E-state index in [2.05, 4.69) is 10.4 Å². The Morgan fingerprint density at radius 2 is 2.08 bits per heavy atom. The molecule has 0 fully saturated rings. The number of carbonyl (C=O) groups excluding carboxylic acids is 1. The van der Waals surface area contributed by atoms with Gasteiger partial charge in [-0.2, -0.15) is 5.10 Å². The molecule has 0 aliphatic carbocycles. The molecule has 1 aromatic carbocycles. The lowest BCUT2D eigenvalue weighted by Gasteiger charge is -2.03. The van der Waals surface area contributed by atoms with E-state index >= 15 is 0 Å². The van der Waals surface area contributed by atoms with Gasteiger partial charge in [-0.25, -0.2) is 0 Å². The molecule has 0 unspecified atom stereocenters. The summed E-state index contributed by atoms with van der Waals surface area (Å²) in [5.41, 5.74) is 1.71. The highest BCUT2D eigenvalue weighted by molar-refractivity contribution is 7.99. The van der Waals surface area contributed by atoms with Crippen LogP contribution in [0, 0.1) is 0 Å². The molecule has 0 atom stereocenters. The number of nitrogens with zero attached hydrogens (tertiary/aromatic N) is 2. The number of hydrogen-bond acceptors (Lipinski definition) is 4. The summed E-state index contributed by atoms with van der Waals surface area (Å²) in [6.45, 7) is 0.420. The number of furan rings is 1. The van der Waals surface area contributed by atoms with E-state index in [1.54, 1.807) is 22.7 Å². The molecule has 2 heterocycles. The Kier molecular flexibility index (Phi) is 5.38. The number of rotatable bonds is 7. The van der Waals surface area contributed by atoms with Gasteiger partial charge in [-0.3, -0.25) is 9.48 Å². The van der Waals surface area contributed by atoms with Gasteiger partial charge < -0.3 is 9.73 Å². The van der Waals surface area contributed by atoms with Gasteiger partial charge in [0.2, 0.25) is 5.91 Å². The summed E-state index contributed by atoms with van der Waals surface area (Å²) in [6.07, 6.45) is 2.12. The van der Waals surface area contributed by atoms with Crippen LogP contribution in [0.1, 0.15) is 12.1 Å². The topological polar surface area (TPSA) is 60.1 Å². The van der Waals surface area contributed by atoms with Crippen LogP contribution in [0.25, 0.3) is 11.5 Å². The summed E-state index contributed by atoms with van der Waals surface area (Å²) >= 11 is 1.68. The molecule has 0 aliphatic rings. The first kappa shape index (κ1) is 16.4. The largest absolute Gasteiger partial charge is 0.463 e. The number of benzene rings is 1. The number of aryl methyl sites for hydroxylation is 1. The summed E-state index contributed by atoms with van der Waals surface area (Å²) < 4.78 is 7.14. The number of nitrogens with one attached hydrogen (secondary N) is 1. The molecule has 2 aromatic heterocycles. The van der Waals surface area contributed by atoms with Gasteiger partial charge in [-0.1, -0.05) is 18.2 Å². The molecule has 3 rings (SSSR count). The minimum atomic E-state index is 0.0311. The Balaban J connectivity index is 1.45. The maximum absolute atomic E-state index is 11.9. The van der Waals surface area contributed by atoms with Crippen LogP contribution in [0.15, 0.2) is 64.1 Å². The third kappa shape index (κ3) is 4.29. The summed E-state index contributed by atoms with van der Waals surface area (Å²) in [7, 11) is 1.86. The standard InChI is InChI=1S/C18H19N3O2S/c1-21-16(17-8-5-10-23-17)12-14(20-21)13-19-18(22)9-11-24-15-6-3-2-4-7-15/h2-8,10,12H,9,11,13H2,1H3,(H,19,22). The average molecular weight is 341 g/mol. The van der Waals surface area contributed by atoms with Crippen molar-refractivity contribution in [1.29, 1.82) is 0 Å². The van der Waals surface area contributed by atoms with E-state index in [1.165, 1.54) is 4.90 Å². The molecule has 0 aliphatic heterocycles. The molecule has 24 heavy (non-hydrogen) atoms. The van der Waals surface area contributed by atoms with Crippen LogP contribution < -0.4 is 5.32 Å². The molecule has 0 bridgehead atoms. The summed E-state index contributed by atoms with van der Waals surface area (Å²) in [5, 5.41) is 7.32. The van der Waals surface area contributed by atoms with Gasteiger partial charge in [0, 0.05) is 24.1 Å². The second-order valence-corrected chi connectivity index (χ2v) is 6.48. The fourth-order valence-corrected chi connectivity index (χ4v) is 3.20. The van der Waals surface area contributed by atoms with Crippen LogP contribution in [0.2, 0.25) is 0 Å². The minimum absolute atomic E-state index is 0.0311. The van der Waals surface area contributed by atoms with Crippen molar-refractivity contribution < 1.29 is 9.21 Å². The van der Waals surface area contributed by atoms with E-state index in [0.717, 1.165) is 22.9 Å². The predicted molar refractivity (Wildman–Crippen MR) is 94.5 cm³/mol. The minimum Gasteiger partial charge on any atom is -0.463 e. The molecule has 0 saturated heterocycles. The van der Waals surface area contributed by atoms with E-state index < -0.39 is 0 Å². The zero-order valence-electron chi connectivity index (χ0n) is 13.4. The van der Waals surface area contributed by atoms with Crippen LogP contribution in [0.4, 0.5) is 0 Å². The summed E-state index contributed by atoms with van der Waals surface area (Å²) in [6, 6.07) is 15.7. The summed E-state index contributed by atoms with van der Waals surface area (Å²) in [5.74, 6) is 1.56. The van der Waals surface area contributed by atoms with Crippen molar-refractivity contribution in [3.63, 3.8) is 0 Å². The molecular formula is C18H19N3O2S. The number of hydrogen-bond donors (Lipinski definition) is 1. The molecule has 1 N–H and O–H groups in total. The van der Waals surface area contributed by atoms with E-state index in [1.807, 2.05) is 55.6 Å². The first-order valence-corrected chi connectivity index (χ1v) is 8.72. The molecule has 0 radical (unpaired) electrons. The van der Waals surface area contributed by atoms with Crippen molar-refractivity contribution in [1.82, 2.24) is 15.1 Å². The predicted octanol–water partition coefficient (Wildman–Crippen LogP) is 3.48. The average Bonchev–Trinajstić information content (AvgIpc) is 3.23. The lowest BCUT2D eigenvalue weighted by atomic mass is 10.3. The van der Waals surface area contributed by atoms with E-state index in [4.69, 9.17) is 4.42 Å².